The molecule has 0 saturated carbocycles. The van der Waals surface area contributed by atoms with Gasteiger partial charge in [0.2, 0.25) is 11.8 Å². The monoisotopic (exact) mass is 267 g/mol. The molecular formula is C11H17N5O3. The largest absolute Gasteiger partial charge is 0.388 e. The normalized spacial score (nSPS) is 22.6. The van der Waals surface area contributed by atoms with Crippen LogP contribution in [0.15, 0.2) is 6.20 Å². The van der Waals surface area contributed by atoms with Gasteiger partial charge in [0.25, 0.3) is 0 Å². The van der Waals surface area contributed by atoms with Crippen molar-refractivity contribution >= 4 is 17.5 Å². The van der Waals surface area contributed by atoms with Crippen molar-refractivity contribution in [1.29, 1.82) is 0 Å². The van der Waals surface area contributed by atoms with Gasteiger partial charge in [-0.1, -0.05) is 0 Å². The molecule has 1 atom stereocenters. The quantitative estimate of drug-likeness (QED) is 0.613. The smallest absolute Gasteiger partial charge is 0.329 e. The van der Waals surface area contributed by atoms with Gasteiger partial charge in [-0.2, -0.15) is 4.98 Å². The van der Waals surface area contributed by atoms with Gasteiger partial charge in [0, 0.05) is 19.6 Å². The van der Waals surface area contributed by atoms with E-state index in [9.17, 15) is 15.2 Å². The number of aliphatic hydroxyl groups is 1. The molecule has 1 aliphatic rings. The molecule has 0 spiro atoms. The number of nitrogens with zero attached hydrogens (tertiary/aromatic N) is 4. The summed E-state index contributed by atoms with van der Waals surface area (Å²) in [5.41, 5.74) is -0.976. The Morgan fingerprint density at radius 2 is 2.42 bits per heavy atom. The van der Waals surface area contributed by atoms with Crippen molar-refractivity contribution in [2.75, 3.05) is 29.9 Å². The second-order valence-electron chi connectivity index (χ2n) is 4.86. The topological polar surface area (TPSA) is 104 Å². The predicted octanol–water partition coefficient (Wildman–Crippen LogP) is 0.778. The Labute approximate surface area is 110 Å². The number of aromatic nitrogens is 2. The van der Waals surface area contributed by atoms with Crippen LogP contribution in [0.2, 0.25) is 0 Å². The zero-order chi connectivity index (χ0) is 14.0. The van der Waals surface area contributed by atoms with Crippen LogP contribution in [0.1, 0.15) is 20.3 Å². The lowest BCUT2D eigenvalue weighted by atomic mass is 10.1. The molecule has 0 aliphatic carbocycles. The molecule has 1 unspecified atom stereocenters. The molecule has 0 amide bonds. The third kappa shape index (κ3) is 2.90. The Kier molecular flexibility index (Phi) is 3.52. The third-order valence-corrected chi connectivity index (χ3v) is 3.03. The number of anilines is 2. The van der Waals surface area contributed by atoms with Gasteiger partial charge in [-0.15, -0.1) is 0 Å². The van der Waals surface area contributed by atoms with Crippen molar-refractivity contribution in [2.24, 2.45) is 0 Å². The van der Waals surface area contributed by atoms with Crippen LogP contribution in [-0.2, 0) is 0 Å². The SMILES string of the molecule is CCNc1ncc([N+](=O)[O-])c(N2CCC(C)(O)C2)n1. The molecule has 1 aliphatic heterocycles. The van der Waals surface area contributed by atoms with E-state index in [2.05, 4.69) is 15.3 Å². The zero-order valence-corrected chi connectivity index (χ0v) is 11.0. The second-order valence-corrected chi connectivity index (χ2v) is 4.86. The first-order valence-corrected chi connectivity index (χ1v) is 6.15. The molecule has 0 radical (unpaired) electrons. The highest BCUT2D eigenvalue weighted by Crippen LogP contribution is 2.31. The van der Waals surface area contributed by atoms with Crippen molar-refractivity contribution in [3.63, 3.8) is 0 Å². The maximum atomic E-state index is 11.0. The number of rotatable bonds is 4. The summed E-state index contributed by atoms with van der Waals surface area (Å²) in [6.07, 6.45) is 1.76. The standard InChI is InChI=1S/C11H17N5O3/c1-3-12-10-13-6-8(16(18)19)9(14-10)15-5-4-11(2,17)7-15/h6,17H,3-5,7H2,1-2H3,(H,12,13,14). The first-order chi connectivity index (χ1) is 8.93. The summed E-state index contributed by atoms with van der Waals surface area (Å²) >= 11 is 0. The van der Waals surface area contributed by atoms with E-state index < -0.39 is 10.5 Å². The summed E-state index contributed by atoms with van der Waals surface area (Å²) in [6.45, 7) is 5.11. The average Bonchev–Trinajstić information content (AvgIpc) is 2.69. The van der Waals surface area contributed by atoms with Crippen LogP contribution < -0.4 is 10.2 Å². The van der Waals surface area contributed by atoms with Crippen LogP contribution in [0.5, 0.6) is 0 Å². The van der Waals surface area contributed by atoms with E-state index in [0.29, 0.717) is 32.0 Å². The van der Waals surface area contributed by atoms with Crippen molar-refractivity contribution < 1.29 is 10.0 Å². The maximum Gasteiger partial charge on any atom is 0.329 e. The summed E-state index contributed by atoms with van der Waals surface area (Å²) in [5.74, 6) is 0.614. The van der Waals surface area contributed by atoms with Gasteiger partial charge in [0.1, 0.15) is 6.20 Å². The highest BCUT2D eigenvalue weighted by Gasteiger charge is 2.35. The van der Waals surface area contributed by atoms with E-state index in [-0.39, 0.29) is 11.5 Å². The lowest BCUT2D eigenvalue weighted by molar-refractivity contribution is -0.384. The zero-order valence-electron chi connectivity index (χ0n) is 11.0. The Morgan fingerprint density at radius 3 is 2.95 bits per heavy atom. The first kappa shape index (κ1) is 13.5. The minimum atomic E-state index is -0.836. The minimum absolute atomic E-state index is 0.139. The highest BCUT2D eigenvalue weighted by molar-refractivity contribution is 5.59. The fourth-order valence-electron chi connectivity index (χ4n) is 2.10. The molecule has 19 heavy (non-hydrogen) atoms. The summed E-state index contributed by atoms with van der Waals surface area (Å²) in [6, 6.07) is 0. The van der Waals surface area contributed by atoms with Crippen LogP contribution in [0, 0.1) is 10.1 Å². The van der Waals surface area contributed by atoms with E-state index in [1.165, 1.54) is 6.20 Å². The van der Waals surface area contributed by atoms with Gasteiger partial charge < -0.3 is 15.3 Å². The van der Waals surface area contributed by atoms with Gasteiger partial charge in [0.15, 0.2) is 0 Å². The molecule has 1 saturated heterocycles. The molecule has 2 N–H and O–H groups in total. The van der Waals surface area contributed by atoms with Crippen LogP contribution in [0.3, 0.4) is 0 Å². The van der Waals surface area contributed by atoms with Crippen molar-refractivity contribution in [1.82, 2.24) is 9.97 Å². The summed E-state index contributed by atoms with van der Waals surface area (Å²) in [4.78, 5) is 20.3. The van der Waals surface area contributed by atoms with E-state index in [1.807, 2.05) is 6.92 Å². The first-order valence-electron chi connectivity index (χ1n) is 6.15. The molecule has 8 nitrogen and oxygen atoms in total. The Hall–Kier alpha value is -1.96. The summed E-state index contributed by atoms with van der Waals surface area (Å²) in [5, 5.41) is 23.9. The Bertz CT molecular complexity index is 491. The minimum Gasteiger partial charge on any atom is -0.388 e. The fourth-order valence-corrected chi connectivity index (χ4v) is 2.10. The molecular weight excluding hydrogens is 250 g/mol. The third-order valence-electron chi connectivity index (χ3n) is 3.03. The summed E-state index contributed by atoms with van der Waals surface area (Å²) in [7, 11) is 0. The van der Waals surface area contributed by atoms with Crippen molar-refractivity contribution in [2.45, 2.75) is 25.9 Å². The van der Waals surface area contributed by atoms with Crippen molar-refractivity contribution in [3.8, 4) is 0 Å². The maximum absolute atomic E-state index is 11.0. The van der Waals surface area contributed by atoms with Crippen molar-refractivity contribution in [3.05, 3.63) is 16.3 Å². The average molecular weight is 267 g/mol. The fraction of sp³-hybridized carbons (Fsp3) is 0.636. The molecule has 104 valence electrons. The van der Waals surface area contributed by atoms with E-state index in [0.717, 1.165) is 0 Å². The van der Waals surface area contributed by atoms with Crippen LogP contribution in [0.4, 0.5) is 17.5 Å². The van der Waals surface area contributed by atoms with Gasteiger partial charge in [-0.25, -0.2) is 4.98 Å². The van der Waals surface area contributed by atoms with Gasteiger partial charge >= 0.3 is 5.69 Å². The molecule has 1 fully saturated rings. The van der Waals surface area contributed by atoms with Crippen LogP contribution in [-0.4, -0.2) is 45.2 Å². The molecule has 1 aromatic heterocycles. The predicted molar refractivity (Wildman–Crippen MR) is 70.3 cm³/mol. The number of nitro groups is 1. The van der Waals surface area contributed by atoms with E-state index in [4.69, 9.17) is 0 Å². The number of hydrogen-bond acceptors (Lipinski definition) is 7. The molecule has 0 aromatic carbocycles. The molecule has 0 bridgehead atoms. The van der Waals surface area contributed by atoms with Gasteiger partial charge in [-0.05, 0) is 20.3 Å². The Morgan fingerprint density at radius 1 is 1.68 bits per heavy atom. The number of β-amino-alcohol motifs (C(OH)–C–C–N with tert-alkyl or cyclic N) is 1. The molecule has 2 heterocycles. The lowest BCUT2D eigenvalue weighted by Crippen LogP contribution is -2.30. The molecule has 8 heteroatoms. The molecule has 2 rings (SSSR count). The number of nitrogens with one attached hydrogen (secondary N) is 1. The second kappa shape index (κ2) is 4.96. The Balaban J connectivity index is 2.35. The highest BCUT2D eigenvalue weighted by atomic mass is 16.6. The van der Waals surface area contributed by atoms with Gasteiger partial charge in [0.05, 0.1) is 10.5 Å². The van der Waals surface area contributed by atoms with Gasteiger partial charge in [-0.3, -0.25) is 10.1 Å². The lowest BCUT2D eigenvalue weighted by Gasteiger charge is -2.19. The van der Waals surface area contributed by atoms with Crippen LogP contribution in [0.25, 0.3) is 0 Å². The van der Waals surface area contributed by atoms with E-state index >= 15 is 0 Å². The van der Waals surface area contributed by atoms with E-state index in [1.54, 1.807) is 11.8 Å². The summed E-state index contributed by atoms with van der Waals surface area (Å²) < 4.78 is 0. The number of hydrogen-bond donors (Lipinski definition) is 2. The van der Waals surface area contributed by atoms with Crippen LogP contribution >= 0.6 is 0 Å². The molecule has 1 aromatic rings.